The molecule has 3 aliphatic rings. The van der Waals surface area contributed by atoms with Crippen molar-refractivity contribution < 1.29 is 9.18 Å². The lowest BCUT2D eigenvalue weighted by molar-refractivity contribution is -0.130. The van der Waals surface area contributed by atoms with Gasteiger partial charge >= 0.3 is 0 Å². The minimum atomic E-state index is -0.271. The van der Waals surface area contributed by atoms with E-state index < -0.39 is 0 Å². The van der Waals surface area contributed by atoms with Gasteiger partial charge in [0.2, 0.25) is 0 Å². The van der Waals surface area contributed by atoms with Crippen molar-refractivity contribution in [3.8, 4) is 12.3 Å². The molecule has 1 heterocycles. The van der Waals surface area contributed by atoms with Crippen molar-refractivity contribution in [1.29, 1.82) is 0 Å². The van der Waals surface area contributed by atoms with Crippen LogP contribution in [0.4, 0.5) is 4.39 Å². The molecule has 2 atom stereocenters. The molecule has 2 nitrogen and oxygen atoms in total. The summed E-state index contributed by atoms with van der Waals surface area (Å²) in [6, 6.07) is 14.9. The molecule has 1 amide bonds. The second-order valence-electron chi connectivity index (χ2n) is 7.76. The zero-order valence-electron chi connectivity index (χ0n) is 15.0. The Morgan fingerprint density at radius 1 is 1.11 bits per heavy atom. The number of terminal acetylenes is 1. The Kier molecular flexibility index (Phi) is 3.68. The predicted octanol–water partition coefficient (Wildman–Crippen LogP) is 4.52. The third-order valence-corrected chi connectivity index (χ3v) is 6.20. The topological polar surface area (TPSA) is 20.3 Å². The average Bonchev–Trinajstić information content (AvgIpc) is 3.47. The molecule has 27 heavy (non-hydrogen) atoms. The Morgan fingerprint density at radius 2 is 1.85 bits per heavy atom. The summed E-state index contributed by atoms with van der Waals surface area (Å²) in [6.45, 7) is 0. The van der Waals surface area contributed by atoms with E-state index in [-0.39, 0.29) is 23.8 Å². The molecular weight excluding hydrogens is 337 g/mol. The van der Waals surface area contributed by atoms with E-state index >= 15 is 0 Å². The summed E-state index contributed by atoms with van der Waals surface area (Å²) in [5.74, 6) is 2.32. The van der Waals surface area contributed by atoms with Gasteiger partial charge in [-0.25, -0.2) is 4.39 Å². The fourth-order valence-corrected chi connectivity index (χ4v) is 4.85. The number of benzene rings is 2. The zero-order chi connectivity index (χ0) is 18.5. The number of carbonyl (C=O) groups is 1. The van der Waals surface area contributed by atoms with E-state index in [1.54, 1.807) is 12.1 Å². The maximum atomic E-state index is 13.5. The first kappa shape index (κ1) is 16.3. The van der Waals surface area contributed by atoms with E-state index in [4.69, 9.17) is 6.42 Å². The molecule has 0 spiro atoms. The summed E-state index contributed by atoms with van der Waals surface area (Å²) in [6.07, 6.45) is 9.51. The molecule has 1 aliphatic heterocycles. The molecule has 5 rings (SSSR count). The van der Waals surface area contributed by atoms with E-state index in [2.05, 4.69) is 30.2 Å². The lowest BCUT2D eigenvalue weighted by atomic mass is 9.83. The highest BCUT2D eigenvalue weighted by molar-refractivity contribution is 5.95. The summed E-state index contributed by atoms with van der Waals surface area (Å²) in [5.41, 5.74) is 6.14. The molecule has 0 saturated heterocycles. The van der Waals surface area contributed by atoms with Gasteiger partial charge in [-0.15, -0.1) is 6.42 Å². The van der Waals surface area contributed by atoms with Gasteiger partial charge in [-0.2, -0.15) is 0 Å². The van der Waals surface area contributed by atoms with Crippen LogP contribution < -0.4 is 0 Å². The third-order valence-electron chi connectivity index (χ3n) is 6.20. The largest absolute Gasteiger partial charge is 0.317 e. The molecule has 0 aromatic heterocycles. The molecule has 3 heteroatoms. The van der Waals surface area contributed by atoms with Gasteiger partial charge in [0.05, 0.1) is 6.04 Å². The number of amides is 1. The van der Waals surface area contributed by atoms with E-state index in [0.717, 1.165) is 31.2 Å². The van der Waals surface area contributed by atoms with Gasteiger partial charge in [0.25, 0.3) is 5.91 Å². The number of nitrogens with zero attached hydrogens (tertiary/aromatic N) is 1. The lowest BCUT2D eigenvalue weighted by Gasteiger charge is -2.43. The van der Waals surface area contributed by atoms with Crippen LogP contribution in [0.1, 0.15) is 42.0 Å². The minimum Gasteiger partial charge on any atom is -0.317 e. The standard InChI is InChI=1S/C24H20FNO/c1-2-23(27)26-22(15-7-8-15)14-20-19-6-4-3-5-17(19)13-21(20)24(26)16-9-11-18(25)12-10-16/h1,3-6,9-12,15,22,24H,7-8,13-14H2/t22-,24+/m1/s1. The van der Waals surface area contributed by atoms with E-state index in [0.29, 0.717) is 5.92 Å². The Hall–Kier alpha value is -2.86. The first-order chi connectivity index (χ1) is 13.2. The first-order valence-corrected chi connectivity index (χ1v) is 9.52. The van der Waals surface area contributed by atoms with Gasteiger partial charge in [0, 0.05) is 6.04 Å². The number of hydrogen-bond donors (Lipinski definition) is 0. The zero-order valence-corrected chi connectivity index (χ0v) is 15.0. The van der Waals surface area contributed by atoms with Crippen LogP contribution in [0.5, 0.6) is 0 Å². The second-order valence-corrected chi connectivity index (χ2v) is 7.76. The quantitative estimate of drug-likeness (QED) is 0.724. The van der Waals surface area contributed by atoms with Gasteiger partial charge in [-0.1, -0.05) is 36.4 Å². The molecule has 2 aromatic rings. The van der Waals surface area contributed by atoms with E-state index in [9.17, 15) is 9.18 Å². The highest BCUT2D eigenvalue weighted by atomic mass is 19.1. The molecule has 0 unspecified atom stereocenters. The van der Waals surface area contributed by atoms with Crippen molar-refractivity contribution in [2.45, 2.75) is 37.8 Å². The van der Waals surface area contributed by atoms with Crippen LogP contribution >= 0.6 is 0 Å². The molecule has 134 valence electrons. The van der Waals surface area contributed by atoms with Crippen LogP contribution in [-0.2, 0) is 11.2 Å². The Bertz CT molecular complexity index is 994. The van der Waals surface area contributed by atoms with Crippen molar-refractivity contribution in [2.75, 3.05) is 0 Å². The molecule has 0 N–H and O–H groups in total. The van der Waals surface area contributed by atoms with E-state index in [1.165, 1.54) is 34.4 Å². The normalized spacial score (nSPS) is 23.6. The van der Waals surface area contributed by atoms with Crippen molar-refractivity contribution in [3.63, 3.8) is 0 Å². The average molecular weight is 357 g/mol. The maximum absolute atomic E-state index is 13.5. The van der Waals surface area contributed by atoms with Gasteiger partial charge < -0.3 is 4.90 Å². The van der Waals surface area contributed by atoms with Gasteiger partial charge in [0.1, 0.15) is 5.82 Å². The monoisotopic (exact) mass is 357 g/mol. The third kappa shape index (κ3) is 2.59. The Morgan fingerprint density at radius 3 is 2.56 bits per heavy atom. The van der Waals surface area contributed by atoms with Crippen molar-refractivity contribution in [3.05, 3.63) is 76.6 Å². The fraction of sp³-hybridized carbons (Fsp3) is 0.292. The molecular formula is C24H20FNO. The van der Waals surface area contributed by atoms with Crippen molar-refractivity contribution >= 4 is 11.5 Å². The Balaban J connectivity index is 1.69. The molecule has 0 radical (unpaired) electrons. The van der Waals surface area contributed by atoms with Gasteiger partial charge in [-0.3, -0.25) is 4.79 Å². The van der Waals surface area contributed by atoms with Crippen LogP contribution in [0.25, 0.3) is 5.57 Å². The number of halogens is 1. The summed E-state index contributed by atoms with van der Waals surface area (Å²) < 4.78 is 13.5. The summed E-state index contributed by atoms with van der Waals surface area (Å²) >= 11 is 0. The van der Waals surface area contributed by atoms with Gasteiger partial charge in [0.15, 0.2) is 0 Å². The smallest absolute Gasteiger partial charge is 0.299 e. The Labute approximate surface area is 158 Å². The lowest BCUT2D eigenvalue weighted by Crippen LogP contribution is -2.47. The molecule has 1 saturated carbocycles. The summed E-state index contributed by atoms with van der Waals surface area (Å²) in [5, 5.41) is 0. The van der Waals surface area contributed by atoms with Crippen LogP contribution in [0.2, 0.25) is 0 Å². The summed E-state index contributed by atoms with van der Waals surface area (Å²) in [4.78, 5) is 14.7. The summed E-state index contributed by atoms with van der Waals surface area (Å²) in [7, 11) is 0. The number of hydrogen-bond acceptors (Lipinski definition) is 1. The highest BCUT2D eigenvalue weighted by Crippen LogP contribution is 2.52. The van der Waals surface area contributed by atoms with Crippen LogP contribution in [0.15, 0.2) is 54.1 Å². The van der Waals surface area contributed by atoms with Crippen molar-refractivity contribution in [1.82, 2.24) is 4.90 Å². The number of rotatable bonds is 2. The predicted molar refractivity (Wildman–Crippen MR) is 103 cm³/mol. The van der Waals surface area contributed by atoms with E-state index in [1.807, 2.05) is 4.90 Å². The molecule has 2 aliphatic carbocycles. The van der Waals surface area contributed by atoms with Gasteiger partial charge in [-0.05, 0) is 77.5 Å². The minimum absolute atomic E-state index is 0.119. The van der Waals surface area contributed by atoms with Crippen LogP contribution in [0.3, 0.4) is 0 Å². The first-order valence-electron chi connectivity index (χ1n) is 9.52. The SMILES string of the molecule is C#CC(=O)N1[C@@H](c2ccc(F)cc2)C2=C(C[C@@H]1C1CC1)c1ccccc1C2. The fourth-order valence-electron chi connectivity index (χ4n) is 4.85. The molecule has 1 fully saturated rings. The second kappa shape index (κ2) is 6.09. The number of carbonyl (C=O) groups excluding carboxylic acids is 1. The number of fused-ring (bicyclic) bond motifs is 2. The highest BCUT2D eigenvalue weighted by Gasteiger charge is 2.47. The van der Waals surface area contributed by atoms with Crippen LogP contribution in [-0.4, -0.2) is 16.8 Å². The molecule has 2 aromatic carbocycles. The van der Waals surface area contributed by atoms with Crippen LogP contribution in [0, 0.1) is 24.1 Å². The maximum Gasteiger partial charge on any atom is 0.299 e. The van der Waals surface area contributed by atoms with Crippen molar-refractivity contribution in [2.24, 2.45) is 5.92 Å². The molecule has 0 bridgehead atoms.